The normalized spacial score (nSPS) is 13.4. The highest BCUT2D eigenvalue weighted by molar-refractivity contribution is 7.92. The summed E-state index contributed by atoms with van der Waals surface area (Å²) in [7, 11) is -2.20. The highest BCUT2D eigenvalue weighted by Crippen LogP contribution is 2.39. The lowest BCUT2D eigenvalue weighted by Crippen LogP contribution is -2.30. The molecular weight excluding hydrogens is 554 g/mol. The van der Waals surface area contributed by atoms with Gasteiger partial charge < -0.3 is 15.4 Å². The van der Waals surface area contributed by atoms with E-state index in [1.165, 1.54) is 7.11 Å². The van der Waals surface area contributed by atoms with Crippen molar-refractivity contribution >= 4 is 44.6 Å². The Morgan fingerprint density at radius 3 is 2.21 bits per heavy atom. The van der Waals surface area contributed by atoms with Crippen LogP contribution >= 0.6 is 0 Å². The SMILES string of the molecule is COc1c(NC(=O)c2ccc(C)c(N3C=C(C(=O)Nc4ccccc4C)CN3)c2)cc(C(C)(C)C)cc1NS(C)(=O)=O. The van der Waals surface area contributed by atoms with Crippen LogP contribution in [0.15, 0.2) is 66.4 Å². The molecule has 3 aromatic rings. The van der Waals surface area contributed by atoms with E-state index in [9.17, 15) is 18.0 Å². The Hall–Kier alpha value is -4.35. The molecule has 0 aliphatic carbocycles. The van der Waals surface area contributed by atoms with Crippen molar-refractivity contribution in [2.24, 2.45) is 0 Å². The van der Waals surface area contributed by atoms with Crippen LogP contribution in [-0.4, -0.2) is 40.1 Å². The molecule has 0 unspecified atom stereocenters. The summed E-state index contributed by atoms with van der Waals surface area (Å²) in [5.41, 5.74) is 8.44. The molecule has 4 N–H and O–H groups in total. The zero-order valence-corrected chi connectivity index (χ0v) is 25.7. The molecule has 1 aliphatic heterocycles. The van der Waals surface area contributed by atoms with Crippen LogP contribution in [0.3, 0.4) is 0 Å². The molecule has 0 saturated carbocycles. The molecule has 1 heterocycles. The molecule has 2 amide bonds. The minimum atomic E-state index is -3.61. The molecule has 42 heavy (non-hydrogen) atoms. The van der Waals surface area contributed by atoms with Crippen molar-refractivity contribution in [2.45, 2.75) is 40.0 Å². The number of anilines is 4. The van der Waals surface area contributed by atoms with E-state index in [4.69, 9.17) is 4.74 Å². The van der Waals surface area contributed by atoms with Crippen LogP contribution in [0.2, 0.25) is 0 Å². The number of hydrogen-bond donors (Lipinski definition) is 4. The monoisotopic (exact) mass is 591 g/mol. The van der Waals surface area contributed by atoms with Gasteiger partial charge in [-0.05, 0) is 66.3 Å². The molecule has 1 aliphatic rings. The molecule has 0 atom stereocenters. The number of amides is 2. The van der Waals surface area contributed by atoms with Gasteiger partial charge in [0.15, 0.2) is 5.75 Å². The van der Waals surface area contributed by atoms with Crippen molar-refractivity contribution < 1.29 is 22.7 Å². The Labute approximate surface area is 247 Å². The second kappa shape index (κ2) is 11.9. The van der Waals surface area contributed by atoms with Crippen LogP contribution in [0.5, 0.6) is 5.75 Å². The van der Waals surface area contributed by atoms with Gasteiger partial charge in [0, 0.05) is 24.0 Å². The highest BCUT2D eigenvalue weighted by atomic mass is 32.2. The number of carbonyl (C=O) groups excluding carboxylic acids is 2. The summed E-state index contributed by atoms with van der Waals surface area (Å²) in [5, 5.41) is 7.57. The van der Waals surface area contributed by atoms with Gasteiger partial charge in [0.25, 0.3) is 11.8 Å². The molecule has 11 heteroatoms. The summed E-state index contributed by atoms with van der Waals surface area (Å²) in [5.74, 6) is -0.427. The van der Waals surface area contributed by atoms with E-state index >= 15 is 0 Å². The number of rotatable bonds is 8. The van der Waals surface area contributed by atoms with Gasteiger partial charge in [-0.2, -0.15) is 0 Å². The molecule has 0 radical (unpaired) electrons. The fourth-order valence-corrected chi connectivity index (χ4v) is 5.03. The average Bonchev–Trinajstić information content (AvgIpc) is 3.39. The van der Waals surface area contributed by atoms with E-state index in [0.717, 1.165) is 28.6 Å². The average molecular weight is 592 g/mol. The fourth-order valence-electron chi connectivity index (χ4n) is 4.48. The second-order valence-electron chi connectivity index (χ2n) is 11.3. The molecule has 0 fully saturated rings. The lowest BCUT2D eigenvalue weighted by Gasteiger charge is -2.24. The maximum Gasteiger partial charge on any atom is 0.255 e. The number of ether oxygens (including phenoxy) is 1. The lowest BCUT2D eigenvalue weighted by molar-refractivity contribution is -0.112. The van der Waals surface area contributed by atoms with Crippen LogP contribution in [0, 0.1) is 13.8 Å². The van der Waals surface area contributed by atoms with Crippen LogP contribution in [0.1, 0.15) is 47.8 Å². The third-order valence-corrected chi connectivity index (χ3v) is 7.43. The zero-order chi connectivity index (χ0) is 30.8. The second-order valence-corrected chi connectivity index (χ2v) is 13.1. The first-order valence-corrected chi connectivity index (χ1v) is 15.3. The van der Waals surface area contributed by atoms with Gasteiger partial charge in [-0.15, -0.1) is 0 Å². The predicted molar refractivity (Wildman–Crippen MR) is 168 cm³/mol. The van der Waals surface area contributed by atoms with E-state index in [-0.39, 0.29) is 22.8 Å². The summed E-state index contributed by atoms with van der Waals surface area (Å²) >= 11 is 0. The molecule has 3 aromatic carbocycles. The number of nitrogens with one attached hydrogen (secondary N) is 4. The van der Waals surface area contributed by atoms with Crippen molar-refractivity contribution in [1.82, 2.24) is 5.43 Å². The first kappa shape index (κ1) is 30.6. The molecule has 0 bridgehead atoms. The van der Waals surface area contributed by atoms with Gasteiger partial charge in [-0.1, -0.05) is 45.0 Å². The van der Waals surface area contributed by atoms with E-state index in [1.807, 2.05) is 65.0 Å². The molecule has 222 valence electrons. The van der Waals surface area contributed by atoms with Crippen molar-refractivity contribution in [3.63, 3.8) is 0 Å². The maximum absolute atomic E-state index is 13.5. The van der Waals surface area contributed by atoms with E-state index < -0.39 is 15.9 Å². The van der Waals surface area contributed by atoms with Crippen LogP contribution in [0.25, 0.3) is 0 Å². The predicted octanol–water partition coefficient (Wildman–Crippen LogP) is 5.08. The van der Waals surface area contributed by atoms with E-state index in [1.54, 1.807) is 35.5 Å². The van der Waals surface area contributed by atoms with Crippen molar-refractivity contribution in [3.05, 3.63) is 88.6 Å². The number of nitrogens with zero attached hydrogens (tertiary/aromatic N) is 1. The standard InChI is InChI=1S/C31H37N5O5S/c1-19-10-8-9-11-24(19)33-30(38)22-17-32-36(18-22)27-14-21(13-12-20(27)2)29(37)34-25-15-23(31(3,4)5)16-26(28(25)41-6)35-42(7,39)40/h8-16,18,32,35H,17H2,1-7H3,(H,33,38)(H,34,37). The topological polar surface area (TPSA) is 129 Å². The Morgan fingerprint density at radius 2 is 1.57 bits per heavy atom. The lowest BCUT2D eigenvalue weighted by atomic mass is 9.86. The van der Waals surface area contributed by atoms with Gasteiger partial charge in [0.2, 0.25) is 10.0 Å². The first-order valence-electron chi connectivity index (χ1n) is 13.4. The number of sulfonamides is 1. The van der Waals surface area contributed by atoms with Crippen molar-refractivity contribution in [1.29, 1.82) is 0 Å². The van der Waals surface area contributed by atoms with Crippen LogP contribution < -0.4 is 30.5 Å². The third kappa shape index (κ3) is 7.10. The minimum absolute atomic E-state index is 0.197. The number of hydrazine groups is 1. The van der Waals surface area contributed by atoms with Crippen LogP contribution in [-0.2, 0) is 20.2 Å². The summed E-state index contributed by atoms with van der Waals surface area (Å²) in [6.45, 7) is 10.1. The largest absolute Gasteiger partial charge is 0.492 e. The van der Waals surface area contributed by atoms with E-state index in [2.05, 4.69) is 20.8 Å². The molecular formula is C31H37N5O5S. The number of carbonyl (C=O) groups is 2. The zero-order valence-electron chi connectivity index (χ0n) is 24.9. The molecule has 4 rings (SSSR count). The quantitative estimate of drug-likeness (QED) is 0.288. The van der Waals surface area contributed by atoms with Crippen molar-refractivity contribution in [3.8, 4) is 5.75 Å². The Bertz CT molecular complexity index is 1680. The Balaban J connectivity index is 1.61. The summed E-state index contributed by atoms with van der Waals surface area (Å²) in [6.07, 6.45) is 2.78. The molecule has 10 nitrogen and oxygen atoms in total. The Morgan fingerprint density at radius 1 is 0.905 bits per heavy atom. The first-order chi connectivity index (χ1) is 19.7. The fraction of sp³-hybridized carbons (Fsp3) is 0.290. The number of methoxy groups -OCH3 is 1. The van der Waals surface area contributed by atoms with Gasteiger partial charge >= 0.3 is 0 Å². The third-order valence-electron chi connectivity index (χ3n) is 6.84. The minimum Gasteiger partial charge on any atom is -0.492 e. The smallest absolute Gasteiger partial charge is 0.255 e. The van der Waals surface area contributed by atoms with Gasteiger partial charge in [0.05, 0.1) is 36.0 Å². The Kier molecular flexibility index (Phi) is 8.65. The highest BCUT2D eigenvalue weighted by Gasteiger charge is 2.24. The van der Waals surface area contributed by atoms with Gasteiger partial charge in [-0.3, -0.25) is 19.3 Å². The number of aryl methyl sites for hydroxylation is 2. The van der Waals surface area contributed by atoms with E-state index in [0.29, 0.717) is 29.1 Å². The van der Waals surface area contributed by atoms with Gasteiger partial charge in [-0.25, -0.2) is 13.8 Å². The van der Waals surface area contributed by atoms with Gasteiger partial charge in [0.1, 0.15) is 0 Å². The summed E-state index contributed by atoms with van der Waals surface area (Å²) in [4.78, 5) is 26.4. The van der Waals surface area contributed by atoms with Crippen LogP contribution in [0.4, 0.5) is 22.7 Å². The number of benzene rings is 3. The summed E-state index contributed by atoms with van der Waals surface area (Å²) < 4.78 is 32.1. The molecule has 0 spiro atoms. The number of para-hydroxylation sites is 1. The number of hydrogen-bond acceptors (Lipinski definition) is 7. The maximum atomic E-state index is 13.5. The summed E-state index contributed by atoms with van der Waals surface area (Å²) in [6, 6.07) is 16.3. The molecule has 0 saturated heterocycles. The molecule has 0 aromatic heterocycles. The van der Waals surface area contributed by atoms with Crippen molar-refractivity contribution in [2.75, 3.05) is 40.3 Å².